The highest BCUT2D eigenvalue weighted by Gasteiger charge is 2.05. The van der Waals surface area contributed by atoms with Crippen LogP contribution in [0.5, 0.6) is 0 Å². The van der Waals surface area contributed by atoms with Crippen LogP contribution in [0.1, 0.15) is 43.7 Å². The molecule has 1 aromatic carbocycles. The van der Waals surface area contributed by atoms with Crippen LogP contribution in [0, 0.1) is 0 Å². The van der Waals surface area contributed by atoms with Crippen LogP contribution in [-0.4, -0.2) is 13.0 Å². The lowest BCUT2D eigenvalue weighted by Crippen LogP contribution is -2.01. The molecule has 0 spiro atoms. The summed E-state index contributed by atoms with van der Waals surface area (Å²) in [6, 6.07) is 7.41. The van der Waals surface area contributed by atoms with Crippen LogP contribution in [0.3, 0.4) is 0 Å². The third-order valence-electron chi connectivity index (χ3n) is 2.69. The van der Waals surface area contributed by atoms with E-state index in [1.54, 1.807) is 12.1 Å². The molecule has 1 aromatic rings. The molecule has 0 radical (unpaired) electrons. The smallest absolute Gasteiger partial charge is 0.269 e. The second-order valence-electron chi connectivity index (χ2n) is 4.35. The highest BCUT2D eigenvalue weighted by molar-refractivity contribution is 7.85. The quantitative estimate of drug-likeness (QED) is 0.602. The first kappa shape index (κ1) is 14.2. The molecule has 0 heterocycles. The van der Waals surface area contributed by atoms with E-state index in [1.165, 1.54) is 31.2 Å². The molecule has 0 aliphatic carbocycles. The predicted molar refractivity (Wildman–Crippen MR) is 69.5 cm³/mol. The van der Waals surface area contributed by atoms with Gasteiger partial charge in [-0.05, 0) is 24.0 Å². The first-order valence-corrected chi connectivity index (χ1v) is 7.65. The molecule has 0 amide bonds. The molecule has 1 rings (SSSR count). The lowest BCUT2D eigenvalue weighted by molar-refractivity contribution is 0.482. The molecule has 0 atom stereocenters. The van der Waals surface area contributed by atoms with Gasteiger partial charge in [-0.15, -0.1) is 0 Å². The molecule has 0 aromatic heterocycles. The van der Waals surface area contributed by atoms with Crippen LogP contribution in [0.2, 0.25) is 0 Å². The minimum atomic E-state index is -3.91. The van der Waals surface area contributed by atoms with Crippen molar-refractivity contribution in [3.05, 3.63) is 35.4 Å². The lowest BCUT2D eigenvalue weighted by Gasteiger charge is -2.03. The molecular formula is C13H20O3S. The minimum absolute atomic E-state index is 0.302. The number of rotatable bonds is 7. The van der Waals surface area contributed by atoms with Crippen LogP contribution in [-0.2, 0) is 22.3 Å². The SMILES string of the molecule is CCCCCCc1ccc(CS(=O)(=O)O)cc1. The summed E-state index contributed by atoms with van der Waals surface area (Å²) in [4.78, 5) is 0. The topological polar surface area (TPSA) is 54.4 Å². The van der Waals surface area contributed by atoms with Crippen LogP contribution < -0.4 is 0 Å². The second kappa shape index (κ2) is 6.77. The first-order chi connectivity index (χ1) is 8.01. The van der Waals surface area contributed by atoms with Gasteiger partial charge in [0.2, 0.25) is 0 Å². The van der Waals surface area contributed by atoms with Crippen LogP contribution in [0.15, 0.2) is 24.3 Å². The van der Waals surface area contributed by atoms with E-state index in [4.69, 9.17) is 4.55 Å². The Labute approximate surface area is 104 Å². The van der Waals surface area contributed by atoms with Crippen molar-refractivity contribution in [2.24, 2.45) is 0 Å². The third-order valence-corrected chi connectivity index (χ3v) is 3.39. The largest absolute Gasteiger partial charge is 0.285 e. The number of hydrogen-bond donors (Lipinski definition) is 1. The van der Waals surface area contributed by atoms with E-state index in [2.05, 4.69) is 6.92 Å². The zero-order chi connectivity index (χ0) is 12.7. The summed E-state index contributed by atoms with van der Waals surface area (Å²) >= 11 is 0. The van der Waals surface area contributed by atoms with Gasteiger partial charge in [-0.2, -0.15) is 8.42 Å². The summed E-state index contributed by atoms with van der Waals surface area (Å²) in [6.45, 7) is 2.18. The molecule has 0 aliphatic heterocycles. The average molecular weight is 256 g/mol. The van der Waals surface area contributed by atoms with Gasteiger partial charge >= 0.3 is 0 Å². The molecule has 0 unspecified atom stereocenters. The Kier molecular flexibility index (Phi) is 5.65. The number of hydrogen-bond acceptors (Lipinski definition) is 2. The fourth-order valence-corrected chi connectivity index (χ4v) is 2.38. The summed E-state index contributed by atoms with van der Waals surface area (Å²) in [5.41, 5.74) is 1.85. The van der Waals surface area contributed by atoms with Crippen LogP contribution in [0.4, 0.5) is 0 Å². The summed E-state index contributed by atoms with van der Waals surface area (Å²) < 4.78 is 30.1. The zero-order valence-corrected chi connectivity index (χ0v) is 11.0. The van der Waals surface area contributed by atoms with Gasteiger partial charge < -0.3 is 0 Å². The van der Waals surface area contributed by atoms with Gasteiger partial charge in [0.15, 0.2) is 0 Å². The van der Waals surface area contributed by atoms with Crippen molar-refractivity contribution in [1.82, 2.24) is 0 Å². The Morgan fingerprint density at radius 2 is 1.59 bits per heavy atom. The van der Waals surface area contributed by atoms with Crippen molar-refractivity contribution >= 4 is 10.1 Å². The maximum absolute atomic E-state index is 10.7. The maximum Gasteiger partial charge on any atom is 0.269 e. The second-order valence-corrected chi connectivity index (χ2v) is 5.81. The minimum Gasteiger partial charge on any atom is -0.285 e. The van der Waals surface area contributed by atoms with Crippen molar-refractivity contribution in [2.45, 2.75) is 44.8 Å². The fourth-order valence-electron chi connectivity index (χ4n) is 1.77. The van der Waals surface area contributed by atoms with Gasteiger partial charge in [-0.3, -0.25) is 4.55 Å². The fraction of sp³-hybridized carbons (Fsp3) is 0.538. The Bertz CT molecular complexity index is 420. The highest BCUT2D eigenvalue weighted by Crippen LogP contribution is 2.11. The van der Waals surface area contributed by atoms with Crippen LogP contribution >= 0.6 is 0 Å². The molecule has 3 nitrogen and oxygen atoms in total. The van der Waals surface area contributed by atoms with Crippen LogP contribution in [0.25, 0.3) is 0 Å². The van der Waals surface area contributed by atoms with E-state index < -0.39 is 10.1 Å². The number of benzene rings is 1. The van der Waals surface area contributed by atoms with Crippen molar-refractivity contribution in [1.29, 1.82) is 0 Å². The summed E-state index contributed by atoms with van der Waals surface area (Å²) in [7, 11) is -3.91. The van der Waals surface area contributed by atoms with Gasteiger partial charge in [0.05, 0.1) is 0 Å². The third kappa shape index (κ3) is 6.44. The number of unbranched alkanes of at least 4 members (excludes halogenated alkanes) is 3. The highest BCUT2D eigenvalue weighted by atomic mass is 32.2. The molecule has 1 N–H and O–H groups in total. The predicted octanol–water partition coefficient (Wildman–Crippen LogP) is 3.20. The van der Waals surface area contributed by atoms with Crippen molar-refractivity contribution < 1.29 is 13.0 Å². The molecule has 0 saturated heterocycles. The Morgan fingerprint density at radius 1 is 1.00 bits per heavy atom. The van der Waals surface area contributed by atoms with Gasteiger partial charge in [0.1, 0.15) is 5.75 Å². The summed E-state index contributed by atoms with van der Waals surface area (Å²) in [6.07, 6.45) is 5.94. The van der Waals surface area contributed by atoms with Gasteiger partial charge in [-0.25, -0.2) is 0 Å². The Balaban J connectivity index is 2.45. The van der Waals surface area contributed by atoms with Crippen molar-refractivity contribution in [3.8, 4) is 0 Å². The Morgan fingerprint density at radius 3 is 2.12 bits per heavy atom. The van der Waals surface area contributed by atoms with E-state index >= 15 is 0 Å². The van der Waals surface area contributed by atoms with E-state index in [1.807, 2.05) is 12.1 Å². The number of aryl methyl sites for hydroxylation is 1. The molecular weight excluding hydrogens is 236 g/mol. The maximum atomic E-state index is 10.7. The van der Waals surface area contributed by atoms with E-state index in [9.17, 15) is 8.42 Å². The van der Waals surface area contributed by atoms with E-state index in [0.717, 1.165) is 6.42 Å². The standard InChI is InChI=1S/C13H20O3S/c1-2-3-4-5-6-12-7-9-13(10-8-12)11-17(14,15)16/h7-10H,2-6,11H2,1H3,(H,14,15,16). The molecule has 0 aliphatic rings. The van der Waals surface area contributed by atoms with E-state index in [0.29, 0.717) is 5.56 Å². The summed E-state index contributed by atoms with van der Waals surface area (Å²) in [5.74, 6) is -0.302. The normalized spacial score (nSPS) is 11.6. The molecule has 17 heavy (non-hydrogen) atoms. The monoisotopic (exact) mass is 256 g/mol. The van der Waals surface area contributed by atoms with Crippen molar-refractivity contribution in [2.75, 3.05) is 0 Å². The van der Waals surface area contributed by atoms with Gasteiger partial charge in [0, 0.05) is 0 Å². The summed E-state index contributed by atoms with van der Waals surface area (Å²) in [5, 5.41) is 0. The molecule has 0 bridgehead atoms. The first-order valence-electron chi connectivity index (χ1n) is 6.04. The zero-order valence-electron chi connectivity index (χ0n) is 10.2. The van der Waals surface area contributed by atoms with Gasteiger partial charge in [0.25, 0.3) is 10.1 Å². The average Bonchev–Trinajstić information content (AvgIpc) is 2.25. The molecule has 0 fully saturated rings. The molecule has 0 saturated carbocycles. The molecule has 4 heteroatoms. The van der Waals surface area contributed by atoms with Gasteiger partial charge in [-0.1, -0.05) is 50.5 Å². The van der Waals surface area contributed by atoms with Crippen molar-refractivity contribution in [3.63, 3.8) is 0 Å². The van der Waals surface area contributed by atoms with E-state index in [-0.39, 0.29) is 5.75 Å². The lowest BCUT2D eigenvalue weighted by atomic mass is 10.1. The molecule has 96 valence electrons. The Hall–Kier alpha value is -0.870.